The number of aryl methyl sites for hydroxylation is 2. The molecule has 0 saturated heterocycles. The summed E-state index contributed by atoms with van der Waals surface area (Å²) in [7, 11) is 4.16. The van der Waals surface area contributed by atoms with Gasteiger partial charge in [0.05, 0.1) is 0 Å². The van der Waals surface area contributed by atoms with E-state index in [2.05, 4.69) is 55.4 Å². The Morgan fingerprint density at radius 3 is 1.91 bits per heavy atom. The van der Waals surface area contributed by atoms with E-state index in [1.807, 2.05) is 12.1 Å². The van der Waals surface area contributed by atoms with Crippen LogP contribution in [0.3, 0.4) is 0 Å². The molecule has 2 aromatic rings. The SMILES string of the molecule is CN(C)CCCC1(O)c2ccccc2CCc2ccccc21. The standard InChI is InChI=1S/C20H25NO/c1-21(2)15-7-14-20(22)18-10-5-3-8-16(18)12-13-17-9-4-6-11-19(17)20/h3-6,8-11,22H,7,12-15H2,1-2H3. The first-order valence-electron chi connectivity index (χ1n) is 8.15. The second-order valence-electron chi connectivity index (χ2n) is 6.58. The minimum atomic E-state index is -0.861. The van der Waals surface area contributed by atoms with Crippen molar-refractivity contribution in [2.75, 3.05) is 20.6 Å². The molecule has 0 heterocycles. The Bertz CT molecular complexity index is 600. The van der Waals surface area contributed by atoms with Crippen molar-refractivity contribution in [1.82, 2.24) is 4.90 Å². The number of fused-ring (bicyclic) bond motifs is 2. The predicted molar refractivity (Wildman–Crippen MR) is 91.1 cm³/mol. The van der Waals surface area contributed by atoms with Crippen LogP contribution in [-0.4, -0.2) is 30.6 Å². The van der Waals surface area contributed by atoms with Crippen LogP contribution in [0.25, 0.3) is 0 Å². The quantitative estimate of drug-likeness (QED) is 0.935. The molecule has 2 aromatic carbocycles. The van der Waals surface area contributed by atoms with Crippen molar-refractivity contribution in [3.05, 3.63) is 70.8 Å². The summed E-state index contributed by atoms with van der Waals surface area (Å²) in [6, 6.07) is 16.8. The highest BCUT2D eigenvalue weighted by Gasteiger charge is 2.36. The Morgan fingerprint density at radius 2 is 1.41 bits per heavy atom. The Labute approximate surface area is 133 Å². The van der Waals surface area contributed by atoms with Crippen molar-refractivity contribution in [2.24, 2.45) is 0 Å². The summed E-state index contributed by atoms with van der Waals surface area (Å²) in [6.07, 6.45) is 3.75. The molecule has 0 aliphatic heterocycles. The van der Waals surface area contributed by atoms with Crippen LogP contribution in [0.4, 0.5) is 0 Å². The molecule has 116 valence electrons. The van der Waals surface area contributed by atoms with E-state index < -0.39 is 5.60 Å². The minimum Gasteiger partial charge on any atom is -0.380 e. The molecule has 2 heteroatoms. The van der Waals surface area contributed by atoms with Crippen molar-refractivity contribution in [3.63, 3.8) is 0 Å². The normalized spacial score (nSPS) is 16.0. The lowest BCUT2D eigenvalue weighted by Crippen LogP contribution is -2.30. The van der Waals surface area contributed by atoms with Crippen LogP contribution in [0, 0.1) is 0 Å². The van der Waals surface area contributed by atoms with Crippen LogP contribution in [0.2, 0.25) is 0 Å². The van der Waals surface area contributed by atoms with Crippen molar-refractivity contribution in [1.29, 1.82) is 0 Å². The first-order valence-corrected chi connectivity index (χ1v) is 8.15. The molecule has 0 amide bonds. The molecule has 0 spiro atoms. The smallest absolute Gasteiger partial charge is 0.115 e. The maximum absolute atomic E-state index is 11.6. The molecule has 22 heavy (non-hydrogen) atoms. The molecule has 0 aromatic heterocycles. The second-order valence-corrected chi connectivity index (χ2v) is 6.58. The summed E-state index contributed by atoms with van der Waals surface area (Å²) in [5, 5.41) is 11.6. The largest absolute Gasteiger partial charge is 0.380 e. The van der Waals surface area contributed by atoms with E-state index in [1.54, 1.807) is 0 Å². The fourth-order valence-electron chi connectivity index (χ4n) is 3.62. The Morgan fingerprint density at radius 1 is 0.909 bits per heavy atom. The number of rotatable bonds is 4. The van der Waals surface area contributed by atoms with Gasteiger partial charge in [0.2, 0.25) is 0 Å². The van der Waals surface area contributed by atoms with E-state index in [0.29, 0.717) is 0 Å². The lowest BCUT2D eigenvalue weighted by Gasteiger charge is -2.31. The van der Waals surface area contributed by atoms with Crippen molar-refractivity contribution >= 4 is 0 Å². The van der Waals surface area contributed by atoms with Crippen molar-refractivity contribution < 1.29 is 5.11 Å². The van der Waals surface area contributed by atoms with Crippen LogP contribution in [0.1, 0.15) is 35.1 Å². The van der Waals surface area contributed by atoms with Crippen LogP contribution in [0.5, 0.6) is 0 Å². The highest BCUT2D eigenvalue weighted by molar-refractivity contribution is 5.47. The van der Waals surface area contributed by atoms with Crippen LogP contribution in [0.15, 0.2) is 48.5 Å². The topological polar surface area (TPSA) is 23.5 Å². The zero-order valence-electron chi connectivity index (χ0n) is 13.5. The molecule has 1 aliphatic rings. The molecule has 0 fully saturated rings. The molecular weight excluding hydrogens is 270 g/mol. The number of hydrogen-bond donors (Lipinski definition) is 1. The zero-order chi connectivity index (χ0) is 15.6. The van der Waals surface area contributed by atoms with Gasteiger partial charge in [-0.1, -0.05) is 48.5 Å². The summed E-state index contributed by atoms with van der Waals surface area (Å²) >= 11 is 0. The van der Waals surface area contributed by atoms with E-state index in [4.69, 9.17) is 0 Å². The van der Waals surface area contributed by atoms with E-state index in [1.165, 1.54) is 11.1 Å². The average molecular weight is 295 g/mol. The van der Waals surface area contributed by atoms with Gasteiger partial charge in [-0.25, -0.2) is 0 Å². The highest BCUT2D eigenvalue weighted by atomic mass is 16.3. The van der Waals surface area contributed by atoms with Crippen molar-refractivity contribution in [2.45, 2.75) is 31.3 Å². The van der Waals surface area contributed by atoms with Gasteiger partial charge < -0.3 is 10.0 Å². The second kappa shape index (κ2) is 6.23. The fraction of sp³-hybridized carbons (Fsp3) is 0.400. The zero-order valence-corrected chi connectivity index (χ0v) is 13.5. The molecule has 0 atom stereocenters. The number of hydrogen-bond acceptors (Lipinski definition) is 2. The summed E-state index contributed by atoms with van der Waals surface area (Å²) in [5.74, 6) is 0. The number of aliphatic hydroxyl groups is 1. The summed E-state index contributed by atoms with van der Waals surface area (Å²) in [5.41, 5.74) is 3.90. The fourth-order valence-corrected chi connectivity index (χ4v) is 3.62. The monoisotopic (exact) mass is 295 g/mol. The Hall–Kier alpha value is -1.64. The summed E-state index contributed by atoms with van der Waals surface area (Å²) in [6.45, 7) is 0.993. The van der Waals surface area contributed by atoms with Gasteiger partial charge in [-0.05, 0) is 68.6 Å². The molecule has 0 saturated carbocycles. The number of nitrogens with zero attached hydrogens (tertiary/aromatic N) is 1. The maximum atomic E-state index is 11.6. The van der Waals surface area contributed by atoms with Gasteiger partial charge in [-0.2, -0.15) is 0 Å². The summed E-state index contributed by atoms with van der Waals surface area (Å²) < 4.78 is 0. The third-order valence-electron chi connectivity index (χ3n) is 4.73. The highest BCUT2D eigenvalue weighted by Crippen LogP contribution is 2.40. The van der Waals surface area contributed by atoms with Gasteiger partial charge in [0.15, 0.2) is 0 Å². The summed E-state index contributed by atoms with van der Waals surface area (Å²) in [4.78, 5) is 2.18. The molecule has 0 unspecified atom stereocenters. The van der Waals surface area contributed by atoms with Gasteiger partial charge in [0.25, 0.3) is 0 Å². The van der Waals surface area contributed by atoms with Gasteiger partial charge in [-0.15, -0.1) is 0 Å². The van der Waals surface area contributed by atoms with E-state index >= 15 is 0 Å². The van der Waals surface area contributed by atoms with Crippen LogP contribution < -0.4 is 0 Å². The lowest BCUT2D eigenvalue weighted by molar-refractivity contribution is 0.0659. The van der Waals surface area contributed by atoms with Gasteiger partial charge in [0, 0.05) is 0 Å². The first-order chi connectivity index (χ1) is 10.6. The third kappa shape index (κ3) is 2.81. The predicted octanol–water partition coefficient (Wildman–Crippen LogP) is 3.36. The van der Waals surface area contributed by atoms with Gasteiger partial charge in [0.1, 0.15) is 5.60 Å². The first kappa shape index (κ1) is 15.3. The van der Waals surface area contributed by atoms with E-state index in [0.717, 1.165) is 43.4 Å². The molecule has 1 N–H and O–H groups in total. The average Bonchev–Trinajstić information content (AvgIpc) is 2.64. The van der Waals surface area contributed by atoms with E-state index in [9.17, 15) is 5.11 Å². The minimum absolute atomic E-state index is 0.763. The van der Waals surface area contributed by atoms with E-state index in [-0.39, 0.29) is 0 Å². The Balaban J connectivity index is 2.05. The molecule has 2 nitrogen and oxygen atoms in total. The molecule has 1 aliphatic carbocycles. The molecular formula is C20H25NO. The molecule has 3 rings (SSSR count). The van der Waals surface area contributed by atoms with Crippen LogP contribution in [-0.2, 0) is 18.4 Å². The van der Waals surface area contributed by atoms with Gasteiger partial charge in [-0.3, -0.25) is 0 Å². The molecule has 0 bridgehead atoms. The lowest BCUT2D eigenvalue weighted by atomic mass is 9.80. The third-order valence-corrected chi connectivity index (χ3v) is 4.73. The van der Waals surface area contributed by atoms with Gasteiger partial charge >= 0.3 is 0 Å². The van der Waals surface area contributed by atoms with Crippen LogP contribution >= 0.6 is 0 Å². The molecule has 0 radical (unpaired) electrons. The number of benzene rings is 2. The Kier molecular flexibility index (Phi) is 4.32. The maximum Gasteiger partial charge on any atom is 0.115 e. The van der Waals surface area contributed by atoms with Crippen molar-refractivity contribution in [3.8, 4) is 0 Å².